The largest absolute Gasteiger partial charge is 0.467 e. The van der Waals surface area contributed by atoms with E-state index < -0.39 is 24.0 Å². The van der Waals surface area contributed by atoms with Gasteiger partial charge < -0.3 is 15.4 Å². The van der Waals surface area contributed by atoms with E-state index in [2.05, 4.69) is 10.6 Å². The van der Waals surface area contributed by atoms with Gasteiger partial charge in [-0.15, -0.1) is 0 Å². The summed E-state index contributed by atoms with van der Waals surface area (Å²) in [6, 6.07) is 15.0. The molecular weight excluding hydrogens is 380 g/mol. The van der Waals surface area contributed by atoms with E-state index in [1.165, 1.54) is 7.11 Å². The Balaban J connectivity index is 2.20. The first-order chi connectivity index (χ1) is 14.3. The molecule has 2 rings (SSSR count). The minimum Gasteiger partial charge on any atom is -0.467 e. The van der Waals surface area contributed by atoms with E-state index in [1.54, 1.807) is 12.1 Å². The molecule has 0 fully saturated rings. The van der Waals surface area contributed by atoms with Crippen LogP contribution in [0, 0.1) is 12.8 Å². The quantitative estimate of drug-likeness (QED) is 0.623. The van der Waals surface area contributed by atoms with Crippen LogP contribution in [0.3, 0.4) is 0 Å². The highest BCUT2D eigenvalue weighted by atomic mass is 16.5. The van der Waals surface area contributed by atoms with Gasteiger partial charge in [0.2, 0.25) is 5.91 Å². The Morgan fingerprint density at radius 2 is 1.53 bits per heavy atom. The number of esters is 1. The number of rotatable bonds is 9. The molecule has 0 heterocycles. The van der Waals surface area contributed by atoms with Gasteiger partial charge in [0.05, 0.1) is 7.11 Å². The fourth-order valence-electron chi connectivity index (χ4n) is 3.11. The van der Waals surface area contributed by atoms with Gasteiger partial charge in [0.15, 0.2) is 0 Å². The van der Waals surface area contributed by atoms with Crippen molar-refractivity contribution in [3.8, 4) is 0 Å². The predicted molar refractivity (Wildman–Crippen MR) is 116 cm³/mol. The van der Waals surface area contributed by atoms with Crippen LogP contribution in [0.25, 0.3) is 0 Å². The molecule has 6 nitrogen and oxygen atoms in total. The molecule has 2 aromatic rings. The molecule has 0 aliphatic heterocycles. The molecule has 0 radical (unpaired) electrons. The molecule has 0 aliphatic rings. The van der Waals surface area contributed by atoms with Crippen LogP contribution in [0.5, 0.6) is 0 Å². The fourth-order valence-corrected chi connectivity index (χ4v) is 3.11. The maximum absolute atomic E-state index is 13.0. The third kappa shape index (κ3) is 7.03. The lowest BCUT2D eigenvalue weighted by atomic mass is 10.0. The van der Waals surface area contributed by atoms with Gasteiger partial charge in [-0.2, -0.15) is 0 Å². The number of amides is 2. The first kappa shape index (κ1) is 23.1. The number of hydrogen-bond acceptors (Lipinski definition) is 4. The molecule has 2 atom stereocenters. The Hall–Kier alpha value is -3.15. The van der Waals surface area contributed by atoms with E-state index in [0.717, 1.165) is 11.1 Å². The van der Waals surface area contributed by atoms with Crippen molar-refractivity contribution < 1.29 is 19.1 Å². The van der Waals surface area contributed by atoms with Crippen LogP contribution >= 0.6 is 0 Å². The topological polar surface area (TPSA) is 84.5 Å². The van der Waals surface area contributed by atoms with Crippen molar-refractivity contribution in [2.24, 2.45) is 5.92 Å². The summed E-state index contributed by atoms with van der Waals surface area (Å²) in [6.45, 7) is 5.86. The second-order valence-electron chi connectivity index (χ2n) is 7.80. The Labute approximate surface area is 178 Å². The van der Waals surface area contributed by atoms with Crippen LogP contribution in [0.2, 0.25) is 0 Å². The normalized spacial score (nSPS) is 12.7. The average molecular weight is 411 g/mol. The minimum atomic E-state index is -0.833. The molecule has 0 spiro atoms. The number of carbonyl (C=O) groups excluding carboxylic acids is 3. The Morgan fingerprint density at radius 1 is 0.900 bits per heavy atom. The van der Waals surface area contributed by atoms with Gasteiger partial charge >= 0.3 is 5.97 Å². The van der Waals surface area contributed by atoms with Crippen molar-refractivity contribution in [2.75, 3.05) is 7.11 Å². The Kier molecular flexibility index (Phi) is 8.59. The first-order valence-electron chi connectivity index (χ1n) is 10.1. The van der Waals surface area contributed by atoms with Crippen molar-refractivity contribution in [3.05, 3.63) is 71.3 Å². The van der Waals surface area contributed by atoms with Crippen molar-refractivity contribution in [3.63, 3.8) is 0 Å². The summed E-state index contributed by atoms with van der Waals surface area (Å²) in [4.78, 5) is 37.9. The highest BCUT2D eigenvalue weighted by Crippen LogP contribution is 2.10. The average Bonchev–Trinajstić information content (AvgIpc) is 2.73. The standard InChI is InChI=1S/C24H30N2O4/c1-16(2)14-21(24(29)30-4)26-23(28)20(15-18-8-6-5-7-9-18)25-22(27)19-12-10-17(3)11-13-19/h5-13,16,20-21H,14-15H2,1-4H3,(H,25,27)(H,26,28). The number of benzene rings is 2. The van der Waals surface area contributed by atoms with Crippen molar-refractivity contribution in [1.82, 2.24) is 10.6 Å². The molecule has 30 heavy (non-hydrogen) atoms. The molecule has 0 aromatic heterocycles. The van der Waals surface area contributed by atoms with Crippen LogP contribution in [0.4, 0.5) is 0 Å². The SMILES string of the molecule is COC(=O)C(CC(C)C)NC(=O)C(Cc1ccccc1)NC(=O)c1ccc(C)cc1. The summed E-state index contributed by atoms with van der Waals surface area (Å²) >= 11 is 0. The molecule has 2 unspecified atom stereocenters. The van der Waals surface area contributed by atoms with Gasteiger partial charge in [-0.05, 0) is 37.0 Å². The number of aryl methyl sites for hydroxylation is 1. The van der Waals surface area contributed by atoms with Gasteiger partial charge in [-0.1, -0.05) is 61.9 Å². The van der Waals surface area contributed by atoms with Crippen LogP contribution in [0.1, 0.15) is 41.8 Å². The van der Waals surface area contributed by atoms with Crippen molar-refractivity contribution >= 4 is 17.8 Å². The van der Waals surface area contributed by atoms with Gasteiger partial charge in [-0.3, -0.25) is 9.59 Å². The van der Waals surface area contributed by atoms with Crippen LogP contribution in [0.15, 0.2) is 54.6 Å². The third-order valence-electron chi connectivity index (χ3n) is 4.73. The molecule has 0 saturated heterocycles. The Bertz CT molecular complexity index is 847. The summed E-state index contributed by atoms with van der Waals surface area (Å²) in [7, 11) is 1.29. The summed E-state index contributed by atoms with van der Waals surface area (Å²) in [5.41, 5.74) is 2.42. The van der Waals surface area contributed by atoms with Crippen molar-refractivity contribution in [2.45, 2.75) is 45.7 Å². The molecule has 0 aliphatic carbocycles. The van der Waals surface area contributed by atoms with E-state index in [4.69, 9.17) is 4.74 Å². The van der Waals surface area contributed by atoms with Gasteiger partial charge in [0.1, 0.15) is 12.1 Å². The summed E-state index contributed by atoms with van der Waals surface area (Å²) in [5.74, 6) is -1.08. The number of methoxy groups -OCH3 is 1. The van der Waals surface area contributed by atoms with Crippen LogP contribution in [-0.4, -0.2) is 37.0 Å². The summed E-state index contributed by atoms with van der Waals surface area (Å²) < 4.78 is 4.83. The lowest BCUT2D eigenvalue weighted by Crippen LogP contribution is -2.53. The predicted octanol–water partition coefficient (Wildman–Crippen LogP) is 3.04. The second-order valence-corrected chi connectivity index (χ2v) is 7.80. The highest BCUT2D eigenvalue weighted by molar-refractivity contribution is 5.98. The molecular formula is C24H30N2O4. The van der Waals surface area contributed by atoms with E-state index in [0.29, 0.717) is 18.4 Å². The van der Waals surface area contributed by atoms with E-state index in [9.17, 15) is 14.4 Å². The number of ether oxygens (including phenoxy) is 1. The molecule has 0 saturated carbocycles. The summed E-state index contributed by atoms with van der Waals surface area (Å²) in [6.07, 6.45) is 0.752. The first-order valence-corrected chi connectivity index (χ1v) is 10.1. The third-order valence-corrected chi connectivity index (χ3v) is 4.73. The maximum Gasteiger partial charge on any atom is 0.328 e. The number of carbonyl (C=O) groups is 3. The fraction of sp³-hybridized carbons (Fsp3) is 0.375. The lowest BCUT2D eigenvalue weighted by molar-refractivity contribution is -0.145. The molecule has 2 N–H and O–H groups in total. The number of nitrogens with one attached hydrogen (secondary N) is 2. The summed E-state index contributed by atoms with van der Waals surface area (Å²) in [5, 5.41) is 5.57. The molecule has 6 heteroatoms. The second kappa shape index (κ2) is 11.1. The maximum atomic E-state index is 13.0. The molecule has 0 bridgehead atoms. The number of hydrogen-bond donors (Lipinski definition) is 2. The van der Waals surface area contributed by atoms with E-state index in [1.807, 2.05) is 63.2 Å². The smallest absolute Gasteiger partial charge is 0.328 e. The van der Waals surface area contributed by atoms with Crippen molar-refractivity contribution in [1.29, 1.82) is 0 Å². The van der Waals surface area contributed by atoms with Gasteiger partial charge in [0.25, 0.3) is 5.91 Å². The monoisotopic (exact) mass is 410 g/mol. The zero-order valence-electron chi connectivity index (χ0n) is 18.0. The zero-order chi connectivity index (χ0) is 22.1. The van der Waals surface area contributed by atoms with Crippen LogP contribution in [-0.2, 0) is 20.7 Å². The molecule has 2 amide bonds. The minimum absolute atomic E-state index is 0.184. The Morgan fingerprint density at radius 3 is 2.10 bits per heavy atom. The molecule has 160 valence electrons. The zero-order valence-corrected chi connectivity index (χ0v) is 18.0. The molecule has 2 aromatic carbocycles. The van der Waals surface area contributed by atoms with E-state index in [-0.39, 0.29) is 11.8 Å². The van der Waals surface area contributed by atoms with Gasteiger partial charge in [0, 0.05) is 12.0 Å². The van der Waals surface area contributed by atoms with E-state index >= 15 is 0 Å². The van der Waals surface area contributed by atoms with Crippen LogP contribution < -0.4 is 10.6 Å². The highest BCUT2D eigenvalue weighted by Gasteiger charge is 2.28. The lowest BCUT2D eigenvalue weighted by Gasteiger charge is -2.23. The van der Waals surface area contributed by atoms with Gasteiger partial charge in [-0.25, -0.2) is 4.79 Å².